The van der Waals surface area contributed by atoms with Gasteiger partial charge in [-0.15, -0.1) is 0 Å². The molecule has 0 unspecified atom stereocenters. The molecule has 0 aliphatic rings. The Balaban J connectivity index is 0.00000200. The van der Waals surface area contributed by atoms with Crippen LogP contribution in [0.2, 0.25) is 0 Å². The average molecular weight is 298 g/mol. The highest BCUT2D eigenvalue weighted by Gasteiger charge is 2.12. The van der Waals surface area contributed by atoms with Crippen LogP contribution in [0.15, 0.2) is 18.2 Å². The fourth-order valence-electron chi connectivity index (χ4n) is 1.98. The minimum Gasteiger partial charge on any atom is -0.394 e. The lowest BCUT2D eigenvalue weighted by molar-refractivity contribution is 0.268. The van der Waals surface area contributed by atoms with E-state index < -0.39 is 0 Å². The molecule has 1 aromatic heterocycles. The predicted molar refractivity (Wildman–Crippen MR) is 83.7 cm³/mol. The second kappa shape index (κ2) is 7.25. The van der Waals surface area contributed by atoms with E-state index >= 15 is 0 Å². The van der Waals surface area contributed by atoms with Crippen LogP contribution in [0.3, 0.4) is 0 Å². The highest BCUT2D eigenvalue weighted by atomic mass is 32.1. The first-order chi connectivity index (χ1) is 9.13. The molecule has 7 heteroatoms. The van der Waals surface area contributed by atoms with E-state index in [-0.39, 0.29) is 37.9 Å². The van der Waals surface area contributed by atoms with Gasteiger partial charge in [-0.05, 0) is 24.6 Å². The number of hydrogen-bond acceptors (Lipinski definition) is 5. The van der Waals surface area contributed by atoms with Crippen LogP contribution in [0.1, 0.15) is 19.8 Å². The van der Waals surface area contributed by atoms with E-state index in [0.717, 1.165) is 12.8 Å². The Hall–Kier alpha value is -1.60. The molecule has 0 saturated heterocycles. The average Bonchev–Trinajstić information content (AvgIpc) is 2.39. The summed E-state index contributed by atoms with van der Waals surface area (Å²) in [5, 5.41) is 13.0. The summed E-state index contributed by atoms with van der Waals surface area (Å²) in [6.07, 6.45) is 1.71. The number of fused-ring (bicyclic) bond motifs is 1. The second-order valence-electron chi connectivity index (χ2n) is 4.40. The van der Waals surface area contributed by atoms with Crippen molar-refractivity contribution < 1.29 is 9.50 Å². The zero-order valence-corrected chi connectivity index (χ0v) is 12.2. The third-order valence-corrected chi connectivity index (χ3v) is 2.87. The van der Waals surface area contributed by atoms with Crippen LogP contribution in [0, 0.1) is 5.82 Å². The quantitative estimate of drug-likeness (QED) is 0.786. The van der Waals surface area contributed by atoms with Crippen LogP contribution in [0.5, 0.6) is 0 Å². The lowest BCUT2D eigenvalue weighted by Crippen LogP contribution is -2.24. The Morgan fingerprint density at radius 1 is 1.40 bits per heavy atom. The molecule has 0 radical (unpaired) electrons. The lowest BCUT2D eigenvalue weighted by atomic mass is 10.1. The molecular formula is C13H19FN4OS. The van der Waals surface area contributed by atoms with E-state index in [1.54, 1.807) is 6.07 Å². The molecule has 0 amide bonds. The van der Waals surface area contributed by atoms with E-state index in [2.05, 4.69) is 15.3 Å². The molecular weight excluding hydrogens is 279 g/mol. The van der Waals surface area contributed by atoms with Gasteiger partial charge < -0.3 is 16.2 Å². The topological polar surface area (TPSA) is 84.1 Å². The Labute approximate surface area is 123 Å². The summed E-state index contributed by atoms with van der Waals surface area (Å²) in [5.41, 5.74) is 6.21. The molecule has 5 nitrogen and oxygen atoms in total. The smallest absolute Gasteiger partial charge is 0.222 e. The molecule has 0 saturated carbocycles. The van der Waals surface area contributed by atoms with Crippen molar-refractivity contribution in [3.05, 3.63) is 24.0 Å². The van der Waals surface area contributed by atoms with Crippen molar-refractivity contribution in [3.8, 4) is 0 Å². The van der Waals surface area contributed by atoms with Gasteiger partial charge in [-0.2, -0.15) is 18.5 Å². The summed E-state index contributed by atoms with van der Waals surface area (Å²) in [6, 6.07) is 4.11. The van der Waals surface area contributed by atoms with Crippen molar-refractivity contribution in [1.82, 2.24) is 9.97 Å². The number of nitrogen functional groups attached to an aromatic ring is 1. The monoisotopic (exact) mass is 298 g/mol. The standard InChI is InChI=1S/C13H17FN4O.H2S/c1-2-3-9(7-19)16-12-10-6-8(14)4-5-11(10)17-13(15)18-12;/h4-6,9,19H,2-3,7H2,1H3,(H3,15,16,17,18);1H2/t9-;/m0./s1. The van der Waals surface area contributed by atoms with E-state index in [4.69, 9.17) is 5.73 Å². The second-order valence-corrected chi connectivity index (χ2v) is 4.40. The molecule has 0 aliphatic carbocycles. The third kappa shape index (κ3) is 3.71. The minimum absolute atomic E-state index is 0. The molecule has 1 heterocycles. The first-order valence-electron chi connectivity index (χ1n) is 6.24. The maximum absolute atomic E-state index is 13.3. The minimum atomic E-state index is -0.361. The van der Waals surface area contributed by atoms with Crippen molar-refractivity contribution in [2.24, 2.45) is 0 Å². The summed E-state index contributed by atoms with van der Waals surface area (Å²) >= 11 is 0. The number of nitrogens with zero attached hydrogens (tertiary/aromatic N) is 2. The van der Waals surface area contributed by atoms with E-state index in [1.807, 2.05) is 6.92 Å². The van der Waals surface area contributed by atoms with Crippen LogP contribution < -0.4 is 11.1 Å². The Bertz CT molecular complexity index is 582. The third-order valence-electron chi connectivity index (χ3n) is 2.87. The van der Waals surface area contributed by atoms with Gasteiger partial charge >= 0.3 is 0 Å². The first-order valence-corrected chi connectivity index (χ1v) is 6.24. The van der Waals surface area contributed by atoms with Gasteiger partial charge in [0.1, 0.15) is 11.6 Å². The van der Waals surface area contributed by atoms with E-state index in [9.17, 15) is 9.50 Å². The number of anilines is 2. The van der Waals surface area contributed by atoms with Crippen molar-refractivity contribution in [1.29, 1.82) is 0 Å². The molecule has 4 N–H and O–H groups in total. The molecule has 0 fully saturated rings. The van der Waals surface area contributed by atoms with Crippen LogP contribution >= 0.6 is 13.5 Å². The molecule has 110 valence electrons. The molecule has 1 aromatic carbocycles. The van der Waals surface area contributed by atoms with Crippen molar-refractivity contribution >= 4 is 36.2 Å². The summed E-state index contributed by atoms with van der Waals surface area (Å²) in [6.45, 7) is 2.00. The largest absolute Gasteiger partial charge is 0.394 e. The first kappa shape index (κ1) is 16.5. The Kier molecular flexibility index (Phi) is 5.97. The van der Waals surface area contributed by atoms with Crippen LogP contribution in [0.25, 0.3) is 10.9 Å². The summed E-state index contributed by atoms with van der Waals surface area (Å²) in [4.78, 5) is 8.14. The summed E-state index contributed by atoms with van der Waals surface area (Å²) < 4.78 is 13.3. The summed E-state index contributed by atoms with van der Waals surface area (Å²) in [7, 11) is 0. The molecule has 0 spiro atoms. The number of aliphatic hydroxyl groups excluding tert-OH is 1. The number of nitrogens with two attached hydrogens (primary N) is 1. The molecule has 1 atom stereocenters. The fourth-order valence-corrected chi connectivity index (χ4v) is 1.98. The van der Waals surface area contributed by atoms with Crippen LogP contribution in [0.4, 0.5) is 16.2 Å². The zero-order chi connectivity index (χ0) is 13.8. The number of benzene rings is 1. The molecule has 2 rings (SSSR count). The maximum atomic E-state index is 13.3. The molecule has 20 heavy (non-hydrogen) atoms. The highest BCUT2D eigenvalue weighted by molar-refractivity contribution is 7.59. The van der Waals surface area contributed by atoms with E-state index in [1.165, 1.54) is 12.1 Å². The van der Waals surface area contributed by atoms with Gasteiger partial charge in [-0.3, -0.25) is 0 Å². The Morgan fingerprint density at radius 2 is 2.15 bits per heavy atom. The van der Waals surface area contributed by atoms with Crippen LogP contribution in [-0.2, 0) is 0 Å². The number of rotatable bonds is 5. The number of hydrogen-bond donors (Lipinski definition) is 3. The number of aromatic nitrogens is 2. The lowest BCUT2D eigenvalue weighted by Gasteiger charge is -2.17. The number of aliphatic hydroxyl groups is 1. The summed E-state index contributed by atoms with van der Waals surface area (Å²) in [5.74, 6) is 0.212. The normalized spacial score (nSPS) is 11.9. The van der Waals surface area contributed by atoms with Gasteiger partial charge in [-0.25, -0.2) is 9.37 Å². The van der Waals surface area contributed by atoms with Gasteiger partial charge in [0.15, 0.2) is 0 Å². The van der Waals surface area contributed by atoms with E-state index in [0.29, 0.717) is 16.7 Å². The van der Waals surface area contributed by atoms with Gasteiger partial charge in [0.05, 0.1) is 18.2 Å². The van der Waals surface area contributed by atoms with Gasteiger partial charge in [-0.1, -0.05) is 13.3 Å². The number of nitrogens with one attached hydrogen (secondary N) is 1. The fraction of sp³-hybridized carbons (Fsp3) is 0.385. The van der Waals surface area contributed by atoms with Gasteiger partial charge in [0.25, 0.3) is 0 Å². The predicted octanol–water partition coefficient (Wildman–Crippen LogP) is 2.04. The molecule has 0 bridgehead atoms. The van der Waals surface area contributed by atoms with Gasteiger partial charge in [0, 0.05) is 5.39 Å². The van der Waals surface area contributed by atoms with Crippen LogP contribution in [-0.4, -0.2) is 27.7 Å². The molecule has 0 aliphatic heterocycles. The van der Waals surface area contributed by atoms with Crippen molar-refractivity contribution in [2.75, 3.05) is 17.7 Å². The highest BCUT2D eigenvalue weighted by Crippen LogP contribution is 2.23. The van der Waals surface area contributed by atoms with Crippen molar-refractivity contribution in [3.63, 3.8) is 0 Å². The Morgan fingerprint density at radius 3 is 2.80 bits per heavy atom. The van der Waals surface area contributed by atoms with Crippen molar-refractivity contribution in [2.45, 2.75) is 25.8 Å². The SMILES string of the molecule is CCC[C@@H](CO)Nc1nc(N)nc2ccc(F)cc12.S. The van der Waals surface area contributed by atoms with Gasteiger partial charge in [0.2, 0.25) is 5.95 Å². The number of halogens is 1. The molecule has 2 aromatic rings. The maximum Gasteiger partial charge on any atom is 0.222 e. The zero-order valence-electron chi connectivity index (χ0n) is 11.2.